The Morgan fingerprint density at radius 3 is 3.00 bits per heavy atom. The highest BCUT2D eigenvalue weighted by Crippen LogP contribution is 2.29. The number of nitrogens with zero attached hydrogens (tertiary/aromatic N) is 2. The average molecular weight is 243 g/mol. The third kappa shape index (κ3) is 3.86. The van der Waals surface area contributed by atoms with E-state index in [0.29, 0.717) is 17.8 Å². The van der Waals surface area contributed by atoms with Crippen LogP contribution in [0.15, 0.2) is 24.3 Å². The van der Waals surface area contributed by atoms with Gasteiger partial charge in [0, 0.05) is 12.2 Å². The molecule has 0 heterocycles. The normalized spacial score (nSPS) is 14.3. The van der Waals surface area contributed by atoms with Crippen molar-refractivity contribution in [1.82, 2.24) is 4.90 Å². The SMILES string of the molecule is CN(CC(=O)Nc1cccc(C#N)c1)CC1CC1. The quantitative estimate of drug-likeness (QED) is 0.858. The van der Waals surface area contributed by atoms with Crippen LogP contribution >= 0.6 is 0 Å². The van der Waals surface area contributed by atoms with Gasteiger partial charge in [-0.2, -0.15) is 5.26 Å². The van der Waals surface area contributed by atoms with Crippen LogP contribution in [0.1, 0.15) is 18.4 Å². The van der Waals surface area contributed by atoms with Crippen LogP contribution in [0.5, 0.6) is 0 Å². The van der Waals surface area contributed by atoms with E-state index in [-0.39, 0.29) is 5.91 Å². The lowest BCUT2D eigenvalue weighted by Gasteiger charge is -2.15. The number of benzene rings is 1. The van der Waals surface area contributed by atoms with Crippen molar-refractivity contribution in [2.24, 2.45) is 5.92 Å². The van der Waals surface area contributed by atoms with Crippen molar-refractivity contribution in [3.05, 3.63) is 29.8 Å². The topological polar surface area (TPSA) is 56.1 Å². The largest absolute Gasteiger partial charge is 0.325 e. The molecule has 4 nitrogen and oxygen atoms in total. The van der Waals surface area contributed by atoms with Gasteiger partial charge in [0.25, 0.3) is 0 Å². The fraction of sp³-hybridized carbons (Fsp3) is 0.429. The van der Waals surface area contributed by atoms with Crippen molar-refractivity contribution in [3.63, 3.8) is 0 Å². The third-order valence-electron chi connectivity index (χ3n) is 2.96. The Morgan fingerprint density at radius 1 is 1.56 bits per heavy atom. The van der Waals surface area contributed by atoms with E-state index < -0.39 is 0 Å². The van der Waals surface area contributed by atoms with Crippen molar-refractivity contribution >= 4 is 11.6 Å². The standard InChI is InChI=1S/C14H17N3O/c1-17(9-11-5-6-11)10-14(18)16-13-4-2-3-12(7-13)8-15/h2-4,7,11H,5-6,9-10H2,1H3,(H,16,18). The van der Waals surface area contributed by atoms with Gasteiger partial charge >= 0.3 is 0 Å². The number of amides is 1. The van der Waals surface area contributed by atoms with Gasteiger partial charge in [0.2, 0.25) is 5.91 Å². The number of rotatable bonds is 5. The Morgan fingerprint density at radius 2 is 2.33 bits per heavy atom. The minimum absolute atomic E-state index is 0.0340. The van der Waals surface area contributed by atoms with Gasteiger partial charge in [0.15, 0.2) is 0 Å². The molecule has 0 bridgehead atoms. The van der Waals surface area contributed by atoms with Crippen LogP contribution in [0.2, 0.25) is 0 Å². The maximum atomic E-state index is 11.8. The lowest BCUT2D eigenvalue weighted by atomic mass is 10.2. The van der Waals surface area contributed by atoms with Crippen LogP contribution in [-0.4, -0.2) is 30.9 Å². The Labute approximate surface area is 107 Å². The second kappa shape index (κ2) is 5.65. The molecule has 1 fully saturated rings. The average Bonchev–Trinajstić information content (AvgIpc) is 3.12. The number of hydrogen-bond acceptors (Lipinski definition) is 3. The summed E-state index contributed by atoms with van der Waals surface area (Å²) in [6, 6.07) is 9.01. The predicted molar refractivity (Wildman–Crippen MR) is 70.0 cm³/mol. The van der Waals surface area contributed by atoms with Gasteiger partial charge in [0.05, 0.1) is 18.2 Å². The summed E-state index contributed by atoms with van der Waals surface area (Å²) >= 11 is 0. The van der Waals surface area contributed by atoms with E-state index in [9.17, 15) is 4.79 Å². The fourth-order valence-electron chi connectivity index (χ4n) is 1.92. The van der Waals surface area contributed by atoms with E-state index in [0.717, 1.165) is 12.5 Å². The Balaban J connectivity index is 1.84. The highest BCUT2D eigenvalue weighted by Gasteiger charge is 2.23. The minimum atomic E-state index is -0.0340. The summed E-state index contributed by atoms with van der Waals surface area (Å²) in [5.74, 6) is 0.748. The summed E-state index contributed by atoms with van der Waals surface area (Å²) in [5.41, 5.74) is 1.23. The maximum Gasteiger partial charge on any atom is 0.238 e. The van der Waals surface area contributed by atoms with Gasteiger partial charge in [-0.05, 0) is 44.0 Å². The summed E-state index contributed by atoms with van der Waals surface area (Å²) in [5, 5.41) is 11.6. The maximum absolute atomic E-state index is 11.8. The van der Waals surface area contributed by atoms with Gasteiger partial charge < -0.3 is 5.32 Å². The molecule has 1 aliphatic rings. The summed E-state index contributed by atoms with van der Waals surface area (Å²) in [6.07, 6.45) is 2.58. The molecule has 1 aromatic carbocycles. The monoisotopic (exact) mass is 243 g/mol. The number of anilines is 1. The third-order valence-corrected chi connectivity index (χ3v) is 2.96. The van der Waals surface area contributed by atoms with Gasteiger partial charge in [0.1, 0.15) is 0 Å². The van der Waals surface area contributed by atoms with Gasteiger partial charge in [-0.3, -0.25) is 9.69 Å². The van der Waals surface area contributed by atoms with Crippen molar-refractivity contribution in [2.75, 3.05) is 25.5 Å². The summed E-state index contributed by atoms with van der Waals surface area (Å²) in [6.45, 7) is 1.39. The summed E-state index contributed by atoms with van der Waals surface area (Å²) in [4.78, 5) is 13.8. The molecule has 1 saturated carbocycles. The first kappa shape index (κ1) is 12.6. The lowest BCUT2D eigenvalue weighted by molar-refractivity contribution is -0.117. The molecule has 1 N–H and O–H groups in total. The number of carbonyl (C=O) groups excluding carboxylic acids is 1. The van der Waals surface area contributed by atoms with Crippen LogP contribution in [0.25, 0.3) is 0 Å². The molecule has 0 aliphatic heterocycles. The Hall–Kier alpha value is -1.86. The molecule has 2 rings (SSSR count). The zero-order valence-electron chi connectivity index (χ0n) is 10.5. The molecule has 0 saturated heterocycles. The van der Waals surface area contributed by atoms with Crippen LogP contribution < -0.4 is 5.32 Å². The van der Waals surface area contributed by atoms with Crippen LogP contribution in [0, 0.1) is 17.2 Å². The molecule has 1 aromatic rings. The van der Waals surface area contributed by atoms with Crippen molar-refractivity contribution in [3.8, 4) is 6.07 Å². The molecule has 1 amide bonds. The van der Waals surface area contributed by atoms with E-state index in [2.05, 4.69) is 11.4 Å². The first-order valence-corrected chi connectivity index (χ1v) is 6.16. The van der Waals surface area contributed by atoms with Gasteiger partial charge in [-0.15, -0.1) is 0 Å². The minimum Gasteiger partial charge on any atom is -0.325 e. The highest BCUT2D eigenvalue weighted by molar-refractivity contribution is 5.92. The smallest absolute Gasteiger partial charge is 0.238 e. The highest BCUT2D eigenvalue weighted by atomic mass is 16.2. The number of nitrogens with one attached hydrogen (secondary N) is 1. The lowest BCUT2D eigenvalue weighted by Crippen LogP contribution is -2.31. The molecule has 0 aromatic heterocycles. The summed E-state index contributed by atoms with van der Waals surface area (Å²) < 4.78 is 0. The van der Waals surface area contributed by atoms with E-state index >= 15 is 0 Å². The zero-order chi connectivity index (χ0) is 13.0. The number of likely N-dealkylation sites (N-methyl/N-ethyl adjacent to an activating group) is 1. The first-order valence-electron chi connectivity index (χ1n) is 6.16. The first-order chi connectivity index (χ1) is 8.67. The van der Waals surface area contributed by atoms with E-state index in [4.69, 9.17) is 5.26 Å². The van der Waals surface area contributed by atoms with Crippen LogP contribution in [0.4, 0.5) is 5.69 Å². The van der Waals surface area contributed by atoms with Crippen LogP contribution in [-0.2, 0) is 4.79 Å². The molecule has 94 valence electrons. The van der Waals surface area contributed by atoms with Crippen molar-refractivity contribution in [2.45, 2.75) is 12.8 Å². The van der Waals surface area contributed by atoms with E-state index in [1.165, 1.54) is 12.8 Å². The molecule has 0 spiro atoms. The van der Waals surface area contributed by atoms with Gasteiger partial charge in [-0.1, -0.05) is 6.07 Å². The molecule has 4 heteroatoms. The second-order valence-corrected chi connectivity index (χ2v) is 4.88. The fourth-order valence-corrected chi connectivity index (χ4v) is 1.92. The Kier molecular flexibility index (Phi) is 3.96. The molecule has 0 unspecified atom stereocenters. The van der Waals surface area contributed by atoms with Gasteiger partial charge in [-0.25, -0.2) is 0 Å². The molecule has 18 heavy (non-hydrogen) atoms. The van der Waals surface area contributed by atoms with E-state index in [1.807, 2.05) is 11.9 Å². The van der Waals surface area contributed by atoms with E-state index in [1.54, 1.807) is 24.3 Å². The van der Waals surface area contributed by atoms with Crippen molar-refractivity contribution < 1.29 is 4.79 Å². The molecular weight excluding hydrogens is 226 g/mol. The molecule has 0 atom stereocenters. The molecule has 0 radical (unpaired) electrons. The molecular formula is C14H17N3O. The predicted octanol–water partition coefficient (Wildman–Crippen LogP) is 1.84. The van der Waals surface area contributed by atoms with Crippen LogP contribution in [0.3, 0.4) is 0 Å². The molecule has 1 aliphatic carbocycles. The number of nitriles is 1. The number of carbonyl (C=O) groups is 1. The summed E-state index contributed by atoms with van der Waals surface area (Å²) in [7, 11) is 1.96. The Bertz CT molecular complexity index is 474. The van der Waals surface area contributed by atoms with Crippen molar-refractivity contribution in [1.29, 1.82) is 5.26 Å². The number of hydrogen-bond donors (Lipinski definition) is 1. The second-order valence-electron chi connectivity index (χ2n) is 4.88. The zero-order valence-corrected chi connectivity index (χ0v) is 10.5.